The molecule has 0 bridgehead atoms. The molecule has 4 heteroatoms. The zero-order chi connectivity index (χ0) is 14.3. The number of ether oxygens (including phenoxy) is 3. The predicted octanol–water partition coefficient (Wildman–Crippen LogP) is 2.42. The fourth-order valence-electron chi connectivity index (χ4n) is 2.04. The van der Waals surface area contributed by atoms with Crippen molar-refractivity contribution in [2.75, 3.05) is 28.4 Å². The number of benzene rings is 1. The Labute approximate surface area is 115 Å². The van der Waals surface area contributed by atoms with Gasteiger partial charge >= 0.3 is 0 Å². The number of rotatable bonds is 8. The Balaban J connectivity index is 3.04. The molecule has 1 aromatic rings. The first kappa shape index (κ1) is 15.4. The van der Waals surface area contributed by atoms with Gasteiger partial charge in [0.05, 0.1) is 21.3 Å². The summed E-state index contributed by atoms with van der Waals surface area (Å²) in [6, 6.07) is 4.31. The Morgan fingerprint density at radius 3 is 2.11 bits per heavy atom. The van der Waals surface area contributed by atoms with Gasteiger partial charge in [0.2, 0.25) is 5.75 Å². The molecule has 0 amide bonds. The van der Waals surface area contributed by atoms with Gasteiger partial charge in [0.15, 0.2) is 11.5 Å². The molecule has 0 aliphatic rings. The Hall–Kier alpha value is -1.68. The van der Waals surface area contributed by atoms with E-state index in [1.807, 2.05) is 25.3 Å². The van der Waals surface area contributed by atoms with Gasteiger partial charge in [0.25, 0.3) is 0 Å². The monoisotopic (exact) mass is 265 g/mol. The van der Waals surface area contributed by atoms with Crippen LogP contribution in [0.2, 0.25) is 0 Å². The highest BCUT2D eigenvalue weighted by Crippen LogP contribution is 2.38. The van der Waals surface area contributed by atoms with Gasteiger partial charge in [-0.05, 0) is 37.6 Å². The summed E-state index contributed by atoms with van der Waals surface area (Å²) in [6.45, 7) is 3.78. The van der Waals surface area contributed by atoms with E-state index in [2.05, 4.69) is 11.9 Å². The first-order valence-electron chi connectivity index (χ1n) is 6.27. The number of nitrogens with one attached hydrogen (secondary N) is 1. The quantitative estimate of drug-likeness (QED) is 0.733. The molecule has 19 heavy (non-hydrogen) atoms. The Morgan fingerprint density at radius 2 is 1.74 bits per heavy atom. The average molecular weight is 265 g/mol. The highest BCUT2D eigenvalue weighted by Gasteiger charge is 2.15. The third kappa shape index (κ3) is 3.89. The maximum Gasteiger partial charge on any atom is 0.203 e. The van der Waals surface area contributed by atoms with Crippen LogP contribution in [0.25, 0.3) is 0 Å². The molecule has 0 aliphatic heterocycles. The van der Waals surface area contributed by atoms with Crippen LogP contribution in [0.5, 0.6) is 17.2 Å². The molecule has 1 atom stereocenters. The summed E-state index contributed by atoms with van der Waals surface area (Å²) < 4.78 is 16.0. The van der Waals surface area contributed by atoms with E-state index in [1.54, 1.807) is 21.3 Å². The SMILES string of the molecule is C=CCC(Cc1cc(OC)c(OC)c(OC)c1)NC. The molecule has 1 unspecified atom stereocenters. The first-order chi connectivity index (χ1) is 9.19. The van der Waals surface area contributed by atoms with E-state index < -0.39 is 0 Å². The van der Waals surface area contributed by atoms with Gasteiger partial charge in [-0.15, -0.1) is 6.58 Å². The van der Waals surface area contributed by atoms with Gasteiger partial charge in [0, 0.05) is 6.04 Å². The van der Waals surface area contributed by atoms with E-state index in [0.29, 0.717) is 23.3 Å². The Bertz CT molecular complexity index is 393. The zero-order valence-electron chi connectivity index (χ0n) is 12.2. The van der Waals surface area contributed by atoms with Crippen LogP contribution in [0.15, 0.2) is 24.8 Å². The Morgan fingerprint density at radius 1 is 1.16 bits per heavy atom. The maximum absolute atomic E-state index is 5.35. The van der Waals surface area contributed by atoms with Crippen molar-refractivity contribution in [1.29, 1.82) is 0 Å². The largest absolute Gasteiger partial charge is 0.493 e. The molecular weight excluding hydrogens is 242 g/mol. The number of likely N-dealkylation sites (N-methyl/N-ethyl adjacent to an activating group) is 1. The van der Waals surface area contributed by atoms with Crippen LogP contribution in [-0.4, -0.2) is 34.4 Å². The molecule has 0 aliphatic carbocycles. The van der Waals surface area contributed by atoms with Crippen LogP contribution in [0.4, 0.5) is 0 Å². The number of hydrogen-bond donors (Lipinski definition) is 1. The second-order valence-electron chi connectivity index (χ2n) is 4.25. The lowest BCUT2D eigenvalue weighted by Gasteiger charge is -2.17. The lowest BCUT2D eigenvalue weighted by Crippen LogP contribution is -2.26. The lowest BCUT2D eigenvalue weighted by atomic mass is 10.0. The molecule has 0 heterocycles. The molecule has 1 aromatic carbocycles. The van der Waals surface area contributed by atoms with Gasteiger partial charge in [-0.1, -0.05) is 6.08 Å². The van der Waals surface area contributed by atoms with E-state index in [4.69, 9.17) is 14.2 Å². The van der Waals surface area contributed by atoms with Gasteiger partial charge < -0.3 is 19.5 Å². The van der Waals surface area contributed by atoms with Crippen LogP contribution >= 0.6 is 0 Å². The molecule has 1 N–H and O–H groups in total. The van der Waals surface area contributed by atoms with E-state index in [0.717, 1.165) is 18.4 Å². The minimum absolute atomic E-state index is 0.348. The van der Waals surface area contributed by atoms with E-state index in [1.165, 1.54) is 0 Å². The van der Waals surface area contributed by atoms with E-state index in [9.17, 15) is 0 Å². The van der Waals surface area contributed by atoms with Gasteiger partial charge in [-0.3, -0.25) is 0 Å². The molecule has 106 valence electrons. The summed E-state index contributed by atoms with van der Waals surface area (Å²) in [5, 5.41) is 3.27. The molecule has 1 rings (SSSR count). The summed E-state index contributed by atoms with van der Waals surface area (Å²) in [4.78, 5) is 0. The second kappa shape index (κ2) is 7.69. The van der Waals surface area contributed by atoms with Crippen molar-refractivity contribution in [3.05, 3.63) is 30.4 Å². The topological polar surface area (TPSA) is 39.7 Å². The number of hydrogen-bond acceptors (Lipinski definition) is 4. The van der Waals surface area contributed by atoms with Crippen molar-refractivity contribution in [3.8, 4) is 17.2 Å². The molecule has 0 radical (unpaired) electrons. The normalized spacial score (nSPS) is 11.8. The third-order valence-electron chi connectivity index (χ3n) is 3.07. The zero-order valence-corrected chi connectivity index (χ0v) is 12.2. The van der Waals surface area contributed by atoms with Crippen LogP contribution in [-0.2, 0) is 6.42 Å². The molecule has 4 nitrogen and oxygen atoms in total. The maximum atomic E-state index is 5.35. The minimum atomic E-state index is 0.348. The fraction of sp³-hybridized carbons (Fsp3) is 0.467. The van der Waals surface area contributed by atoms with Gasteiger partial charge in [-0.2, -0.15) is 0 Å². The van der Waals surface area contributed by atoms with Crippen molar-refractivity contribution in [2.45, 2.75) is 18.9 Å². The standard InChI is InChI=1S/C15H23NO3/c1-6-7-12(16-2)8-11-9-13(17-3)15(19-5)14(10-11)18-4/h6,9-10,12,16H,1,7-8H2,2-5H3. The van der Waals surface area contributed by atoms with E-state index in [-0.39, 0.29) is 0 Å². The van der Waals surface area contributed by atoms with Crippen LogP contribution in [0.1, 0.15) is 12.0 Å². The fourth-order valence-corrected chi connectivity index (χ4v) is 2.04. The summed E-state index contributed by atoms with van der Waals surface area (Å²) in [5.41, 5.74) is 1.13. The average Bonchev–Trinajstić information content (AvgIpc) is 2.45. The summed E-state index contributed by atoms with van der Waals surface area (Å²) in [7, 11) is 6.81. The van der Waals surface area contributed by atoms with Crippen molar-refractivity contribution in [2.24, 2.45) is 0 Å². The molecule has 0 saturated heterocycles. The molecule has 0 spiro atoms. The molecule has 0 aromatic heterocycles. The summed E-state index contributed by atoms with van der Waals surface area (Å²) in [5.74, 6) is 1.99. The van der Waals surface area contributed by atoms with Crippen molar-refractivity contribution < 1.29 is 14.2 Å². The van der Waals surface area contributed by atoms with Crippen LogP contribution in [0, 0.1) is 0 Å². The molecular formula is C15H23NO3. The van der Waals surface area contributed by atoms with Crippen molar-refractivity contribution in [1.82, 2.24) is 5.32 Å². The van der Waals surface area contributed by atoms with Crippen LogP contribution in [0.3, 0.4) is 0 Å². The summed E-state index contributed by atoms with van der Waals surface area (Å²) in [6.07, 6.45) is 3.70. The van der Waals surface area contributed by atoms with Gasteiger partial charge in [0.1, 0.15) is 0 Å². The highest BCUT2D eigenvalue weighted by atomic mass is 16.5. The lowest BCUT2D eigenvalue weighted by molar-refractivity contribution is 0.323. The minimum Gasteiger partial charge on any atom is -0.493 e. The number of methoxy groups -OCH3 is 3. The highest BCUT2D eigenvalue weighted by molar-refractivity contribution is 5.54. The van der Waals surface area contributed by atoms with E-state index >= 15 is 0 Å². The molecule has 0 saturated carbocycles. The predicted molar refractivity (Wildman–Crippen MR) is 77.5 cm³/mol. The van der Waals surface area contributed by atoms with Crippen LogP contribution < -0.4 is 19.5 Å². The van der Waals surface area contributed by atoms with Crippen molar-refractivity contribution >= 4 is 0 Å². The van der Waals surface area contributed by atoms with Gasteiger partial charge in [-0.25, -0.2) is 0 Å². The third-order valence-corrected chi connectivity index (χ3v) is 3.07. The molecule has 0 fully saturated rings. The van der Waals surface area contributed by atoms with Crippen molar-refractivity contribution in [3.63, 3.8) is 0 Å². The second-order valence-corrected chi connectivity index (χ2v) is 4.25. The Kier molecular flexibility index (Phi) is 6.22. The summed E-state index contributed by atoms with van der Waals surface area (Å²) >= 11 is 0. The first-order valence-corrected chi connectivity index (χ1v) is 6.27. The smallest absolute Gasteiger partial charge is 0.203 e.